The predicted molar refractivity (Wildman–Crippen MR) is 130 cm³/mol. The molecule has 0 radical (unpaired) electrons. The van der Waals surface area contributed by atoms with Crippen molar-refractivity contribution in [3.63, 3.8) is 0 Å². The highest BCUT2D eigenvalue weighted by atomic mass is 16.5. The molecule has 4 rings (SSSR count). The van der Waals surface area contributed by atoms with Gasteiger partial charge >= 0.3 is 0 Å². The van der Waals surface area contributed by atoms with Gasteiger partial charge in [0.1, 0.15) is 5.75 Å². The number of carbonyl (C=O) groups excluding carboxylic acids is 2. The van der Waals surface area contributed by atoms with E-state index in [2.05, 4.69) is 22.3 Å². The zero-order chi connectivity index (χ0) is 23.9. The number of aliphatic hydroxyl groups excluding tert-OH is 1. The van der Waals surface area contributed by atoms with E-state index >= 15 is 0 Å². The minimum absolute atomic E-state index is 0.0549. The maximum Gasteiger partial charge on any atom is 0.237 e. The second kappa shape index (κ2) is 11.5. The van der Waals surface area contributed by atoms with Gasteiger partial charge in [0.05, 0.1) is 19.3 Å². The fourth-order valence-corrected chi connectivity index (χ4v) is 5.09. The molecule has 2 aliphatic heterocycles. The highest BCUT2D eigenvalue weighted by molar-refractivity contribution is 5.82. The zero-order valence-electron chi connectivity index (χ0n) is 19.9. The van der Waals surface area contributed by atoms with E-state index in [1.54, 1.807) is 7.11 Å². The molecule has 2 aliphatic rings. The first kappa shape index (κ1) is 24.2. The quantitative estimate of drug-likeness (QED) is 0.626. The summed E-state index contributed by atoms with van der Waals surface area (Å²) < 4.78 is 5.25. The number of benzene rings is 2. The molecule has 7 nitrogen and oxygen atoms in total. The molecule has 2 fully saturated rings. The Kier molecular flexibility index (Phi) is 8.19. The van der Waals surface area contributed by atoms with Crippen LogP contribution in [0.2, 0.25) is 0 Å². The Hall–Kier alpha value is -2.90. The summed E-state index contributed by atoms with van der Waals surface area (Å²) in [5.41, 5.74) is 2.15. The molecule has 2 heterocycles. The van der Waals surface area contributed by atoms with E-state index in [1.807, 2.05) is 47.4 Å². The molecule has 7 heteroatoms. The molecule has 2 saturated heterocycles. The number of nitrogens with one attached hydrogen (secondary N) is 1. The smallest absolute Gasteiger partial charge is 0.237 e. The second-order valence-corrected chi connectivity index (χ2v) is 9.27. The van der Waals surface area contributed by atoms with E-state index in [0.717, 1.165) is 30.6 Å². The van der Waals surface area contributed by atoms with E-state index in [1.165, 1.54) is 5.56 Å². The van der Waals surface area contributed by atoms with Crippen LogP contribution in [0.5, 0.6) is 5.75 Å². The Morgan fingerprint density at radius 3 is 2.53 bits per heavy atom. The fourth-order valence-electron chi connectivity index (χ4n) is 5.09. The zero-order valence-corrected chi connectivity index (χ0v) is 19.9. The summed E-state index contributed by atoms with van der Waals surface area (Å²) >= 11 is 0. The Morgan fingerprint density at radius 1 is 1.06 bits per heavy atom. The van der Waals surface area contributed by atoms with Crippen molar-refractivity contribution in [2.24, 2.45) is 0 Å². The first-order valence-electron chi connectivity index (χ1n) is 12.2. The maximum absolute atomic E-state index is 13.0. The topological polar surface area (TPSA) is 82.1 Å². The van der Waals surface area contributed by atoms with Crippen LogP contribution in [0, 0.1) is 0 Å². The number of β-amino-alcohol motifs (C(OH)–C–C–N with tert-alkyl or cyclic N) is 1. The monoisotopic (exact) mass is 465 g/mol. The van der Waals surface area contributed by atoms with E-state index in [0.29, 0.717) is 39.0 Å². The lowest BCUT2D eigenvalue weighted by Crippen LogP contribution is -2.52. The number of piperidine rings is 1. The van der Waals surface area contributed by atoms with Crippen LogP contribution in [0.15, 0.2) is 54.6 Å². The first-order valence-corrected chi connectivity index (χ1v) is 12.2. The lowest BCUT2D eigenvalue weighted by molar-refractivity contribution is -0.134. The minimum Gasteiger partial charge on any atom is -0.497 e. The number of aryl methyl sites for hydroxylation is 1. The van der Waals surface area contributed by atoms with E-state index in [-0.39, 0.29) is 23.9 Å². The van der Waals surface area contributed by atoms with Crippen molar-refractivity contribution in [3.05, 3.63) is 65.7 Å². The first-order chi connectivity index (χ1) is 16.5. The van der Waals surface area contributed by atoms with Crippen LogP contribution < -0.4 is 10.1 Å². The van der Waals surface area contributed by atoms with Crippen LogP contribution >= 0.6 is 0 Å². The van der Waals surface area contributed by atoms with Crippen LogP contribution in [-0.4, -0.2) is 71.7 Å². The molecule has 2 atom stereocenters. The third kappa shape index (κ3) is 6.15. The third-order valence-corrected chi connectivity index (χ3v) is 6.98. The fraction of sp³-hybridized carbons (Fsp3) is 0.481. The summed E-state index contributed by atoms with van der Waals surface area (Å²) in [6.45, 7) is 2.32. The maximum atomic E-state index is 13.0. The number of amides is 2. The van der Waals surface area contributed by atoms with Crippen molar-refractivity contribution in [1.29, 1.82) is 0 Å². The number of hydrogen-bond donors (Lipinski definition) is 2. The number of hydrogen-bond acceptors (Lipinski definition) is 5. The summed E-state index contributed by atoms with van der Waals surface area (Å²) in [7, 11) is 1.62. The average Bonchev–Trinajstić information content (AvgIpc) is 3.28. The SMILES string of the molecule is COc1cccc(CNC(=O)C2CC(O)CN2C2CCN(C(=O)CCc3ccccc3)CC2)c1. The normalized spacial score (nSPS) is 21.4. The van der Waals surface area contributed by atoms with Crippen LogP contribution in [0.1, 0.15) is 36.8 Å². The molecule has 0 aliphatic carbocycles. The summed E-state index contributed by atoms with van der Waals surface area (Å²) in [6.07, 6.45) is 2.87. The van der Waals surface area contributed by atoms with Crippen LogP contribution in [-0.2, 0) is 22.6 Å². The van der Waals surface area contributed by atoms with Crippen molar-refractivity contribution in [2.45, 2.75) is 56.8 Å². The molecule has 2 aromatic rings. The number of likely N-dealkylation sites (tertiary alicyclic amines) is 2. The number of rotatable bonds is 8. The van der Waals surface area contributed by atoms with Gasteiger partial charge in [-0.25, -0.2) is 0 Å². The number of carbonyl (C=O) groups is 2. The minimum atomic E-state index is -0.502. The molecule has 34 heavy (non-hydrogen) atoms. The molecule has 0 bridgehead atoms. The molecule has 0 saturated carbocycles. The van der Waals surface area contributed by atoms with Crippen LogP contribution in [0.25, 0.3) is 0 Å². The van der Waals surface area contributed by atoms with Gasteiger partial charge in [0.2, 0.25) is 11.8 Å². The Bertz CT molecular complexity index is 959. The highest BCUT2D eigenvalue weighted by Crippen LogP contribution is 2.27. The van der Waals surface area contributed by atoms with Crippen LogP contribution in [0.4, 0.5) is 0 Å². The summed E-state index contributed by atoms with van der Waals surface area (Å²) in [5.74, 6) is 0.895. The standard InChI is InChI=1S/C27H35N3O4/c1-34-24-9-5-8-21(16-24)18-28-27(33)25-17-23(31)19-30(25)22-12-14-29(15-13-22)26(32)11-10-20-6-3-2-4-7-20/h2-9,16,22-23,25,31H,10-15,17-19H2,1H3,(H,28,33). The van der Waals surface area contributed by atoms with Gasteiger partial charge in [0.15, 0.2) is 0 Å². The summed E-state index contributed by atoms with van der Waals surface area (Å²) in [6, 6.07) is 17.6. The average molecular weight is 466 g/mol. The number of ether oxygens (including phenoxy) is 1. The van der Waals surface area contributed by atoms with Crippen molar-refractivity contribution < 1.29 is 19.4 Å². The highest BCUT2D eigenvalue weighted by Gasteiger charge is 2.40. The van der Waals surface area contributed by atoms with Crippen molar-refractivity contribution >= 4 is 11.8 Å². The van der Waals surface area contributed by atoms with Gasteiger partial charge in [-0.05, 0) is 48.9 Å². The van der Waals surface area contributed by atoms with Crippen molar-refractivity contribution in [3.8, 4) is 5.75 Å². The van der Waals surface area contributed by atoms with Gasteiger partial charge in [-0.1, -0.05) is 42.5 Å². The summed E-state index contributed by atoms with van der Waals surface area (Å²) in [5, 5.41) is 13.3. The Balaban J connectivity index is 1.27. The van der Waals surface area contributed by atoms with Gasteiger partial charge in [0.25, 0.3) is 0 Å². The van der Waals surface area contributed by atoms with Gasteiger partial charge in [-0.3, -0.25) is 14.5 Å². The van der Waals surface area contributed by atoms with E-state index < -0.39 is 6.10 Å². The summed E-state index contributed by atoms with van der Waals surface area (Å²) in [4.78, 5) is 29.8. The third-order valence-electron chi connectivity index (χ3n) is 6.98. The molecule has 2 aromatic carbocycles. The van der Waals surface area contributed by atoms with E-state index in [4.69, 9.17) is 4.74 Å². The molecule has 182 valence electrons. The molecule has 2 amide bonds. The lowest BCUT2D eigenvalue weighted by Gasteiger charge is -2.39. The number of methoxy groups -OCH3 is 1. The van der Waals surface area contributed by atoms with Gasteiger partial charge in [0, 0.05) is 38.6 Å². The second-order valence-electron chi connectivity index (χ2n) is 9.27. The van der Waals surface area contributed by atoms with Crippen molar-refractivity contribution in [2.75, 3.05) is 26.7 Å². The Labute approximate surface area is 201 Å². The van der Waals surface area contributed by atoms with E-state index in [9.17, 15) is 14.7 Å². The van der Waals surface area contributed by atoms with Gasteiger partial charge < -0.3 is 20.1 Å². The predicted octanol–water partition coefficient (Wildman–Crippen LogP) is 2.37. The molecule has 0 spiro atoms. The molecule has 2 unspecified atom stereocenters. The molecule has 2 N–H and O–H groups in total. The van der Waals surface area contributed by atoms with Crippen molar-refractivity contribution in [1.82, 2.24) is 15.1 Å². The lowest BCUT2D eigenvalue weighted by atomic mass is 10.0. The van der Waals surface area contributed by atoms with Gasteiger partial charge in [-0.2, -0.15) is 0 Å². The van der Waals surface area contributed by atoms with Crippen LogP contribution in [0.3, 0.4) is 0 Å². The molecule has 0 aromatic heterocycles. The number of aliphatic hydroxyl groups is 1. The van der Waals surface area contributed by atoms with Gasteiger partial charge in [-0.15, -0.1) is 0 Å². The molecular formula is C27H35N3O4. The largest absolute Gasteiger partial charge is 0.497 e. The number of nitrogens with zero attached hydrogens (tertiary/aromatic N) is 2. The molecular weight excluding hydrogens is 430 g/mol. The Morgan fingerprint density at radius 2 is 1.79 bits per heavy atom.